The highest BCUT2D eigenvalue weighted by atomic mass is 35.5. The molecule has 1 aromatic heterocycles. The first-order valence-corrected chi connectivity index (χ1v) is 7.56. The number of hydrogen-bond donors (Lipinski definition) is 2. The highest BCUT2D eigenvalue weighted by Gasteiger charge is 2.26. The second-order valence-corrected chi connectivity index (χ2v) is 6.32. The molecule has 0 atom stereocenters. The fourth-order valence-corrected chi connectivity index (χ4v) is 3.37. The molecular formula is C16H21ClN2. The number of aromatic nitrogens is 1. The van der Waals surface area contributed by atoms with E-state index < -0.39 is 0 Å². The summed E-state index contributed by atoms with van der Waals surface area (Å²) in [6, 6.07) is 8.21. The summed E-state index contributed by atoms with van der Waals surface area (Å²) >= 11 is 6.45. The summed E-state index contributed by atoms with van der Waals surface area (Å²) in [5.41, 5.74) is 2.51. The van der Waals surface area contributed by atoms with E-state index in [-0.39, 0.29) is 5.54 Å². The van der Waals surface area contributed by atoms with Crippen molar-refractivity contribution in [1.82, 2.24) is 10.3 Å². The second kappa shape index (κ2) is 5.18. The van der Waals surface area contributed by atoms with Crippen LogP contribution in [0.4, 0.5) is 0 Å². The van der Waals surface area contributed by atoms with E-state index >= 15 is 0 Å². The van der Waals surface area contributed by atoms with E-state index in [0.29, 0.717) is 0 Å². The fourth-order valence-electron chi connectivity index (χ4n) is 3.10. The van der Waals surface area contributed by atoms with Gasteiger partial charge in [-0.25, -0.2) is 0 Å². The molecule has 19 heavy (non-hydrogen) atoms. The number of benzene rings is 1. The largest absolute Gasteiger partial charge is 0.356 e. The molecule has 0 radical (unpaired) electrons. The van der Waals surface area contributed by atoms with Crippen LogP contribution >= 0.6 is 11.6 Å². The number of hydrogen-bond acceptors (Lipinski definition) is 1. The first-order valence-electron chi connectivity index (χ1n) is 7.18. The van der Waals surface area contributed by atoms with Gasteiger partial charge in [-0.2, -0.15) is 0 Å². The van der Waals surface area contributed by atoms with Crippen LogP contribution in [-0.4, -0.2) is 10.5 Å². The molecule has 3 heteroatoms. The number of rotatable bonds is 3. The minimum atomic E-state index is 0.277. The lowest BCUT2D eigenvalue weighted by Crippen LogP contribution is -2.43. The number of aromatic amines is 1. The predicted molar refractivity (Wildman–Crippen MR) is 81.6 cm³/mol. The van der Waals surface area contributed by atoms with Crippen molar-refractivity contribution < 1.29 is 0 Å². The third kappa shape index (κ3) is 2.65. The summed E-state index contributed by atoms with van der Waals surface area (Å²) < 4.78 is 0. The molecule has 2 N–H and O–H groups in total. The van der Waals surface area contributed by atoms with Crippen molar-refractivity contribution in [3.63, 3.8) is 0 Å². The minimum absolute atomic E-state index is 0.277. The Bertz CT molecular complexity index is 567. The minimum Gasteiger partial charge on any atom is -0.356 e. The van der Waals surface area contributed by atoms with Crippen LogP contribution in [0.3, 0.4) is 0 Å². The lowest BCUT2D eigenvalue weighted by Gasteiger charge is -2.34. The SMILES string of the molecule is CC1(NCc2[nH]c3ccccc3c2Cl)CCCCC1. The van der Waals surface area contributed by atoms with Gasteiger partial charge in [-0.1, -0.05) is 49.1 Å². The van der Waals surface area contributed by atoms with Gasteiger partial charge in [0.25, 0.3) is 0 Å². The smallest absolute Gasteiger partial charge is 0.0705 e. The van der Waals surface area contributed by atoms with E-state index in [1.54, 1.807) is 0 Å². The first-order chi connectivity index (χ1) is 9.18. The van der Waals surface area contributed by atoms with Crippen molar-refractivity contribution in [3.05, 3.63) is 35.0 Å². The number of H-pyrrole nitrogens is 1. The number of halogens is 1. The van der Waals surface area contributed by atoms with Crippen LogP contribution in [0, 0.1) is 0 Å². The Labute approximate surface area is 119 Å². The Morgan fingerprint density at radius 1 is 1.21 bits per heavy atom. The fraction of sp³-hybridized carbons (Fsp3) is 0.500. The molecule has 1 saturated carbocycles. The monoisotopic (exact) mass is 276 g/mol. The Morgan fingerprint density at radius 2 is 1.95 bits per heavy atom. The first kappa shape index (κ1) is 13.0. The van der Waals surface area contributed by atoms with Gasteiger partial charge in [-0.15, -0.1) is 0 Å². The molecule has 1 aliphatic carbocycles. The van der Waals surface area contributed by atoms with Gasteiger partial charge in [0.05, 0.1) is 5.02 Å². The molecule has 0 aliphatic heterocycles. The van der Waals surface area contributed by atoms with E-state index in [0.717, 1.165) is 28.2 Å². The molecule has 2 nitrogen and oxygen atoms in total. The summed E-state index contributed by atoms with van der Waals surface area (Å²) in [7, 11) is 0. The van der Waals surface area contributed by atoms with Gasteiger partial charge in [-0.3, -0.25) is 0 Å². The Morgan fingerprint density at radius 3 is 2.68 bits per heavy atom. The summed E-state index contributed by atoms with van der Waals surface area (Å²) in [4.78, 5) is 3.43. The lowest BCUT2D eigenvalue weighted by atomic mass is 9.83. The Balaban J connectivity index is 1.76. The third-order valence-corrected chi connectivity index (χ3v) is 4.79. The topological polar surface area (TPSA) is 27.8 Å². The van der Waals surface area contributed by atoms with Crippen LogP contribution < -0.4 is 5.32 Å². The normalized spacial score (nSPS) is 18.8. The molecule has 102 valence electrons. The van der Waals surface area contributed by atoms with E-state index in [1.165, 1.54) is 32.1 Å². The van der Waals surface area contributed by atoms with E-state index in [2.05, 4.69) is 29.4 Å². The number of para-hydroxylation sites is 1. The van der Waals surface area contributed by atoms with E-state index in [9.17, 15) is 0 Å². The van der Waals surface area contributed by atoms with Gasteiger partial charge in [-0.05, 0) is 25.8 Å². The zero-order valence-electron chi connectivity index (χ0n) is 11.4. The van der Waals surface area contributed by atoms with E-state index in [4.69, 9.17) is 11.6 Å². The average molecular weight is 277 g/mol. The van der Waals surface area contributed by atoms with Crippen molar-refractivity contribution in [2.75, 3.05) is 0 Å². The second-order valence-electron chi connectivity index (χ2n) is 5.94. The van der Waals surface area contributed by atoms with Crippen LogP contribution in [0.2, 0.25) is 5.02 Å². The molecule has 2 aromatic rings. The lowest BCUT2D eigenvalue weighted by molar-refractivity contribution is 0.252. The Kier molecular flexibility index (Phi) is 3.55. The Hall–Kier alpha value is -0.990. The highest BCUT2D eigenvalue weighted by molar-refractivity contribution is 6.36. The van der Waals surface area contributed by atoms with Crippen molar-refractivity contribution in [3.8, 4) is 0 Å². The molecule has 1 aliphatic rings. The third-order valence-electron chi connectivity index (χ3n) is 4.36. The van der Waals surface area contributed by atoms with Crippen molar-refractivity contribution in [1.29, 1.82) is 0 Å². The van der Waals surface area contributed by atoms with Gasteiger partial charge in [0, 0.05) is 28.7 Å². The molecule has 0 amide bonds. The summed E-state index contributed by atoms with van der Waals surface area (Å²) in [6.07, 6.45) is 6.59. The molecular weight excluding hydrogens is 256 g/mol. The maximum Gasteiger partial charge on any atom is 0.0705 e. The number of fused-ring (bicyclic) bond motifs is 1. The highest BCUT2D eigenvalue weighted by Crippen LogP contribution is 2.30. The van der Waals surface area contributed by atoms with Crippen LogP contribution in [0.15, 0.2) is 24.3 Å². The van der Waals surface area contributed by atoms with Crippen LogP contribution in [0.25, 0.3) is 10.9 Å². The maximum atomic E-state index is 6.45. The van der Waals surface area contributed by atoms with Crippen molar-refractivity contribution in [2.45, 2.75) is 51.1 Å². The average Bonchev–Trinajstić information content (AvgIpc) is 2.75. The zero-order chi connectivity index (χ0) is 13.3. The zero-order valence-corrected chi connectivity index (χ0v) is 12.2. The summed E-state index contributed by atoms with van der Waals surface area (Å²) in [5.74, 6) is 0. The summed E-state index contributed by atoms with van der Waals surface area (Å²) in [6.45, 7) is 3.16. The van der Waals surface area contributed by atoms with Gasteiger partial charge < -0.3 is 10.3 Å². The molecule has 1 fully saturated rings. The number of nitrogens with one attached hydrogen (secondary N) is 2. The molecule has 3 rings (SSSR count). The molecule has 1 aromatic carbocycles. The molecule has 0 spiro atoms. The maximum absolute atomic E-state index is 6.45. The quantitative estimate of drug-likeness (QED) is 0.840. The molecule has 0 saturated heterocycles. The van der Waals surface area contributed by atoms with Crippen molar-refractivity contribution >= 4 is 22.5 Å². The van der Waals surface area contributed by atoms with Gasteiger partial charge in [0.2, 0.25) is 0 Å². The molecule has 0 bridgehead atoms. The van der Waals surface area contributed by atoms with Gasteiger partial charge in [0.1, 0.15) is 0 Å². The van der Waals surface area contributed by atoms with Crippen LogP contribution in [0.1, 0.15) is 44.7 Å². The standard InChI is InChI=1S/C16H21ClN2/c1-16(9-5-2-6-10-16)18-11-14-15(17)12-7-3-4-8-13(12)19-14/h3-4,7-8,18-19H,2,5-6,9-11H2,1H3. The molecule has 0 unspecified atom stereocenters. The van der Waals surface area contributed by atoms with Crippen molar-refractivity contribution in [2.24, 2.45) is 0 Å². The summed E-state index contributed by atoms with van der Waals surface area (Å²) in [5, 5.41) is 5.68. The molecule has 1 heterocycles. The van der Waals surface area contributed by atoms with Crippen LogP contribution in [-0.2, 0) is 6.54 Å². The van der Waals surface area contributed by atoms with Gasteiger partial charge >= 0.3 is 0 Å². The van der Waals surface area contributed by atoms with Crippen LogP contribution in [0.5, 0.6) is 0 Å². The van der Waals surface area contributed by atoms with Gasteiger partial charge in [0.15, 0.2) is 0 Å². The van der Waals surface area contributed by atoms with E-state index in [1.807, 2.05) is 12.1 Å². The predicted octanol–water partition coefficient (Wildman–Crippen LogP) is 4.63.